The Hall–Kier alpha value is -1.04. The summed E-state index contributed by atoms with van der Waals surface area (Å²) in [5.41, 5.74) is 1.49. The smallest absolute Gasteiger partial charge is 0.00179 e. The first-order chi connectivity index (χ1) is 8.97. The van der Waals surface area contributed by atoms with Crippen LogP contribution in [0, 0.1) is 0 Å². The van der Waals surface area contributed by atoms with Crippen LogP contribution >= 0.6 is 0 Å². The summed E-state index contributed by atoms with van der Waals surface area (Å²) in [7, 11) is 0. The molecular weight excluding hydrogens is 216 g/mol. The van der Waals surface area contributed by atoms with E-state index in [4.69, 9.17) is 0 Å². The fourth-order valence-corrected chi connectivity index (χ4v) is 2.85. The molecule has 1 aliphatic carbocycles. The van der Waals surface area contributed by atoms with Gasteiger partial charge in [0.2, 0.25) is 0 Å². The Morgan fingerprint density at radius 1 is 0.722 bits per heavy atom. The van der Waals surface area contributed by atoms with E-state index in [9.17, 15) is 0 Å². The molecule has 0 aromatic heterocycles. The first-order valence-corrected chi connectivity index (χ1v) is 7.68. The molecule has 1 aromatic carbocycles. The molecule has 0 nitrogen and oxygen atoms in total. The van der Waals surface area contributed by atoms with Crippen molar-refractivity contribution in [3.8, 4) is 0 Å². The molecule has 0 heteroatoms. The van der Waals surface area contributed by atoms with Gasteiger partial charge in [-0.2, -0.15) is 0 Å². The average Bonchev–Trinajstić information content (AvgIpc) is 2.40. The van der Waals surface area contributed by atoms with Gasteiger partial charge in [-0.3, -0.25) is 0 Å². The van der Waals surface area contributed by atoms with Crippen LogP contribution in [0.5, 0.6) is 0 Å². The molecule has 0 amide bonds. The van der Waals surface area contributed by atoms with Crippen LogP contribution in [0.4, 0.5) is 0 Å². The summed E-state index contributed by atoms with van der Waals surface area (Å²) in [6, 6.07) is 11.0. The molecule has 2 rings (SSSR count). The van der Waals surface area contributed by atoms with E-state index in [0.29, 0.717) is 5.92 Å². The van der Waals surface area contributed by atoms with E-state index in [1.807, 2.05) is 0 Å². The van der Waals surface area contributed by atoms with Crippen molar-refractivity contribution in [1.29, 1.82) is 0 Å². The Labute approximate surface area is 112 Å². The molecule has 0 N–H and O–H groups in total. The second kappa shape index (κ2) is 8.13. The van der Waals surface area contributed by atoms with Crippen molar-refractivity contribution in [2.24, 2.45) is 0 Å². The highest BCUT2D eigenvalue weighted by molar-refractivity contribution is 5.23. The van der Waals surface area contributed by atoms with E-state index < -0.39 is 0 Å². The topological polar surface area (TPSA) is 0 Å². The third-order valence-electron chi connectivity index (χ3n) is 3.98. The molecule has 0 fully saturated rings. The maximum atomic E-state index is 2.46. The lowest BCUT2D eigenvalue weighted by molar-refractivity contribution is 0.552. The third-order valence-corrected chi connectivity index (χ3v) is 3.98. The number of hydrogen-bond acceptors (Lipinski definition) is 0. The van der Waals surface area contributed by atoms with Crippen LogP contribution in [0.1, 0.15) is 69.3 Å². The van der Waals surface area contributed by atoms with Crippen molar-refractivity contribution in [3.05, 3.63) is 48.0 Å². The van der Waals surface area contributed by atoms with Crippen molar-refractivity contribution in [1.82, 2.24) is 0 Å². The zero-order valence-corrected chi connectivity index (χ0v) is 11.5. The number of allylic oxidation sites excluding steroid dienone is 2. The monoisotopic (exact) mass is 242 g/mol. The van der Waals surface area contributed by atoms with E-state index in [-0.39, 0.29) is 0 Å². The van der Waals surface area contributed by atoms with Crippen LogP contribution < -0.4 is 0 Å². The van der Waals surface area contributed by atoms with Crippen LogP contribution in [-0.4, -0.2) is 0 Å². The van der Waals surface area contributed by atoms with Gasteiger partial charge in [0.05, 0.1) is 0 Å². The molecule has 1 unspecified atom stereocenters. The minimum absolute atomic E-state index is 0.644. The van der Waals surface area contributed by atoms with Gasteiger partial charge in [0.25, 0.3) is 0 Å². The predicted octanol–water partition coefficient (Wildman–Crippen LogP) is 5.85. The van der Waals surface area contributed by atoms with E-state index in [2.05, 4.69) is 42.5 Å². The maximum absolute atomic E-state index is 2.46. The Morgan fingerprint density at radius 2 is 1.39 bits per heavy atom. The summed E-state index contributed by atoms with van der Waals surface area (Å²) >= 11 is 0. The zero-order chi connectivity index (χ0) is 12.5. The zero-order valence-electron chi connectivity index (χ0n) is 11.5. The molecule has 1 aromatic rings. The minimum atomic E-state index is 0.644. The molecule has 1 aliphatic rings. The van der Waals surface area contributed by atoms with Gasteiger partial charge < -0.3 is 0 Å². The average molecular weight is 242 g/mol. The predicted molar refractivity (Wildman–Crippen MR) is 79.9 cm³/mol. The van der Waals surface area contributed by atoms with Gasteiger partial charge >= 0.3 is 0 Å². The molecule has 98 valence electrons. The number of rotatable bonds is 1. The first-order valence-electron chi connectivity index (χ1n) is 7.68. The lowest BCUT2D eigenvalue weighted by Crippen LogP contribution is -1.96. The summed E-state index contributed by atoms with van der Waals surface area (Å²) in [6.45, 7) is 0. The normalized spacial score (nSPS) is 23.0. The van der Waals surface area contributed by atoms with Crippen LogP contribution in [0.2, 0.25) is 0 Å². The fourth-order valence-electron chi connectivity index (χ4n) is 2.85. The van der Waals surface area contributed by atoms with E-state index >= 15 is 0 Å². The fraction of sp³-hybridized carbons (Fsp3) is 0.556. The summed E-state index contributed by atoms with van der Waals surface area (Å²) in [6.07, 6.45) is 17.4. The molecule has 0 heterocycles. The van der Waals surface area contributed by atoms with Crippen LogP contribution in [0.25, 0.3) is 0 Å². The molecule has 0 radical (unpaired) electrons. The van der Waals surface area contributed by atoms with E-state index in [0.717, 1.165) is 0 Å². The van der Waals surface area contributed by atoms with Gasteiger partial charge in [-0.15, -0.1) is 0 Å². The Kier molecular flexibility index (Phi) is 6.05. The highest BCUT2D eigenvalue weighted by Gasteiger charge is 2.07. The van der Waals surface area contributed by atoms with Crippen molar-refractivity contribution in [2.45, 2.75) is 63.7 Å². The number of benzene rings is 1. The molecule has 0 saturated carbocycles. The summed E-state index contributed by atoms with van der Waals surface area (Å²) in [5, 5.41) is 0. The SMILES string of the molecule is C1=CC(c2ccccc2)CCCCCCCCC1. The second-order valence-corrected chi connectivity index (χ2v) is 5.50. The maximum Gasteiger partial charge on any atom is 0.00179 e. The van der Waals surface area contributed by atoms with E-state index in [1.165, 1.54) is 63.4 Å². The van der Waals surface area contributed by atoms with Gasteiger partial charge in [-0.1, -0.05) is 81.0 Å². The Bertz CT molecular complexity index is 336. The molecular formula is C18H26. The summed E-state index contributed by atoms with van der Waals surface area (Å²) in [4.78, 5) is 0. The first kappa shape index (κ1) is 13.4. The molecule has 0 saturated heterocycles. The summed E-state index contributed by atoms with van der Waals surface area (Å²) < 4.78 is 0. The highest BCUT2D eigenvalue weighted by Crippen LogP contribution is 2.25. The molecule has 18 heavy (non-hydrogen) atoms. The third kappa shape index (κ3) is 4.68. The largest absolute Gasteiger partial charge is 0.0879 e. The van der Waals surface area contributed by atoms with Crippen molar-refractivity contribution in [3.63, 3.8) is 0 Å². The lowest BCUT2D eigenvalue weighted by Gasteiger charge is -2.14. The Balaban J connectivity index is 1.98. The number of hydrogen-bond donors (Lipinski definition) is 0. The molecule has 1 atom stereocenters. The second-order valence-electron chi connectivity index (χ2n) is 5.50. The van der Waals surface area contributed by atoms with E-state index in [1.54, 1.807) is 0 Å². The van der Waals surface area contributed by atoms with Crippen LogP contribution in [0.15, 0.2) is 42.5 Å². The van der Waals surface area contributed by atoms with Gasteiger partial charge in [-0.05, 0) is 24.8 Å². The van der Waals surface area contributed by atoms with Gasteiger partial charge in [0.15, 0.2) is 0 Å². The summed E-state index contributed by atoms with van der Waals surface area (Å²) in [5.74, 6) is 0.644. The molecule has 0 bridgehead atoms. The molecule has 0 spiro atoms. The van der Waals surface area contributed by atoms with Crippen molar-refractivity contribution in [2.75, 3.05) is 0 Å². The van der Waals surface area contributed by atoms with Crippen LogP contribution in [0.3, 0.4) is 0 Å². The van der Waals surface area contributed by atoms with Gasteiger partial charge in [-0.25, -0.2) is 0 Å². The van der Waals surface area contributed by atoms with Gasteiger partial charge in [0, 0.05) is 5.92 Å². The van der Waals surface area contributed by atoms with Gasteiger partial charge in [0.1, 0.15) is 0 Å². The van der Waals surface area contributed by atoms with Crippen molar-refractivity contribution < 1.29 is 0 Å². The standard InChI is InChI=1S/C18H26/c1-2-4-6-9-13-17(14-10-7-5-3-1)18-15-11-8-12-16-18/h8-9,11-13,15-17H,1-7,10,14H2. The molecule has 0 aliphatic heterocycles. The van der Waals surface area contributed by atoms with Crippen molar-refractivity contribution >= 4 is 0 Å². The quantitative estimate of drug-likeness (QED) is 0.542. The Morgan fingerprint density at radius 3 is 2.17 bits per heavy atom. The highest BCUT2D eigenvalue weighted by atomic mass is 14.1. The minimum Gasteiger partial charge on any atom is -0.0879 e. The van der Waals surface area contributed by atoms with Crippen LogP contribution in [-0.2, 0) is 0 Å². The lowest BCUT2D eigenvalue weighted by atomic mass is 9.91.